The third-order valence-electron chi connectivity index (χ3n) is 5.65. The quantitative estimate of drug-likeness (QED) is 0.219. The van der Waals surface area contributed by atoms with Crippen molar-refractivity contribution in [2.45, 2.75) is 25.9 Å². The maximum Gasteiger partial charge on any atom is 0.146 e. The molecular formula is C25H32Cl3N5O. The normalized spacial score (nSPS) is 13.7. The summed E-state index contributed by atoms with van der Waals surface area (Å²) >= 11 is 0. The molecule has 1 fully saturated rings. The van der Waals surface area contributed by atoms with Gasteiger partial charge in [0.05, 0.1) is 11.5 Å². The van der Waals surface area contributed by atoms with Crippen LogP contribution >= 0.6 is 37.2 Å². The number of fused-ring (bicyclic) bond motifs is 1. The molecule has 0 unspecified atom stereocenters. The van der Waals surface area contributed by atoms with E-state index < -0.39 is 0 Å². The highest BCUT2D eigenvalue weighted by Gasteiger charge is 2.20. The zero-order valence-electron chi connectivity index (χ0n) is 19.3. The second-order valence-electron chi connectivity index (χ2n) is 7.80. The monoisotopic (exact) mass is 523 g/mol. The van der Waals surface area contributed by atoms with Crippen molar-refractivity contribution < 1.29 is 4.74 Å². The van der Waals surface area contributed by atoms with E-state index in [2.05, 4.69) is 51.1 Å². The van der Waals surface area contributed by atoms with Crippen LogP contribution in [0.1, 0.15) is 25.3 Å². The molecule has 0 spiro atoms. The van der Waals surface area contributed by atoms with Gasteiger partial charge in [-0.05, 0) is 48.0 Å². The molecule has 0 saturated carbocycles. The van der Waals surface area contributed by atoms with Crippen LogP contribution in [0.5, 0.6) is 5.75 Å². The minimum atomic E-state index is 0. The average molecular weight is 525 g/mol. The summed E-state index contributed by atoms with van der Waals surface area (Å²) in [5.41, 5.74) is 8.40. The predicted octanol–water partition coefficient (Wildman–Crippen LogP) is 5.94. The molecule has 4 rings (SSSR count). The Kier molecular flexibility index (Phi) is 12.0. The van der Waals surface area contributed by atoms with Gasteiger partial charge in [-0.2, -0.15) is 0 Å². The molecule has 0 amide bonds. The van der Waals surface area contributed by atoms with Gasteiger partial charge in [-0.25, -0.2) is 0 Å². The summed E-state index contributed by atoms with van der Waals surface area (Å²) in [6.07, 6.45) is 2.10. The Morgan fingerprint density at radius 1 is 0.941 bits per heavy atom. The van der Waals surface area contributed by atoms with Gasteiger partial charge in [0.25, 0.3) is 0 Å². The smallest absolute Gasteiger partial charge is 0.146 e. The lowest BCUT2D eigenvalue weighted by molar-refractivity contribution is 0.130. The van der Waals surface area contributed by atoms with Crippen molar-refractivity contribution in [2.75, 3.05) is 25.6 Å². The number of aliphatic imine (C=N–C) groups is 1. The van der Waals surface area contributed by atoms with E-state index in [1.54, 1.807) is 7.05 Å². The number of anilines is 1. The van der Waals surface area contributed by atoms with Gasteiger partial charge in [-0.15, -0.1) is 37.2 Å². The molecule has 0 aromatic heterocycles. The summed E-state index contributed by atoms with van der Waals surface area (Å²) in [5.74, 6) is 2.29. The van der Waals surface area contributed by atoms with Gasteiger partial charge in [0.15, 0.2) is 0 Å². The molecule has 1 aliphatic rings. The van der Waals surface area contributed by atoms with Crippen molar-refractivity contribution in [2.24, 2.45) is 4.99 Å². The van der Waals surface area contributed by atoms with Crippen molar-refractivity contribution in [3.05, 3.63) is 72.3 Å². The Bertz CT molecular complexity index is 1080. The number of hydrogen-bond donors (Lipinski definition) is 3. The van der Waals surface area contributed by atoms with Gasteiger partial charge in [0.2, 0.25) is 0 Å². The van der Waals surface area contributed by atoms with Crippen LogP contribution in [0.2, 0.25) is 0 Å². The van der Waals surface area contributed by atoms with Gasteiger partial charge in [0.1, 0.15) is 17.7 Å². The van der Waals surface area contributed by atoms with Gasteiger partial charge in [-0.1, -0.05) is 36.4 Å². The van der Waals surface area contributed by atoms with Crippen LogP contribution in [0.15, 0.2) is 71.7 Å². The molecule has 6 nitrogen and oxygen atoms in total. The summed E-state index contributed by atoms with van der Waals surface area (Å²) in [4.78, 5) is 6.49. The molecule has 1 aliphatic heterocycles. The molecule has 0 aliphatic carbocycles. The van der Waals surface area contributed by atoms with E-state index in [1.165, 1.54) is 10.8 Å². The maximum absolute atomic E-state index is 7.74. The Morgan fingerprint density at radius 3 is 2.21 bits per heavy atom. The van der Waals surface area contributed by atoms with Crippen LogP contribution in [-0.4, -0.2) is 42.8 Å². The van der Waals surface area contributed by atoms with E-state index >= 15 is 0 Å². The second-order valence-corrected chi connectivity index (χ2v) is 7.80. The zero-order chi connectivity index (χ0) is 21.6. The van der Waals surface area contributed by atoms with Crippen LogP contribution in [0.4, 0.5) is 5.69 Å². The Balaban J connectivity index is 0.00000193. The van der Waals surface area contributed by atoms with E-state index in [4.69, 9.17) is 10.1 Å². The van der Waals surface area contributed by atoms with Gasteiger partial charge in [0, 0.05) is 38.5 Å². The van der Waals surface area contributed by atoms with Crippen molar-refractivity contribution >= 4 is 65.4 Å². The highest BCUT2D eigenvalue weighted by molar-refractivity contribution is 6.02. The SMILES string of the molecule is CN=C(NNc1ccc(OC2CCN(C(C)=N)CC2)cc1)c1ccc2ccccc2c1.Cl.Cl.Cl. The number of hydrogen-bond acceptors (Lipinski definition) is 4. The number of ether oxygens (including phenoxy) is 1. The van der Waals surface area contributed by atoms with E-state index in [9.17, 15) is 0 Å². The largest absolute Gasteiger partial charge is 0.490 e. The number of benzene rings is 3. The van der Waals surface area contributed by atoms with Crippen molar-refractivity contribution in [3.8, 4) is 5.75 Å². The van der Waals surface area contributed by atoms with E-state index in [1.807, 2.05) is 43.3 Å². The topological polar surface area (TPSA) is 72.7 Å². The summed E-state index contributed by atoms with van der Waals surface area (Å²) in [7, 11) is 1.78. The molecule has 0 bridgehead atoms. The Hall–Kier alpha value is -2.67. The molecule has 184 valence electrons. The standard InChI is InChI=1S/C25H29N5O.3ClH/c1-18(26)30-15-13-24(14-16-30)31-23-11-9-22(10-12-23)28-29-25(27-2)21-8-7-19-5-3-4-6-20(19)17-21;;;/h3-12,17,24,26,28H,13-16H2,1-2H3,(H,27,29);3*1H. The highest BCUT2D eigenvalue weighted by atomic mass is 35.5. The lowest BCUT2D eigenvalue weighted by Gasteiger charge is -2.32. The zero-order valence-corrected chi connectivity index (χ0v) is 21.7. The summed E-state index contributed by atoms with van der Waals surface area (Å²) < 4.78 is 6.13. The number of likely N-dealkylation sites (tertiary alicyclic amines) is 1. The van der Waals surface area contributed by atoms with Gasteiger partial charge in [-0.3, -0.25) is 21.3 Å². The number of piperidine rings is 1. The van der Waals surface area contributed by atoms with E-state index in [0.717, 1.165) is 48.8 Å². The second kappa shape index (κ2) is 13.9. The highest BCUT2D eigenvalue weighted by Crippen LogP contribution is 2.21. The van der Waals surface area contributed by atoms with Crippen LogP contribution in [0, 0.1) is 5.41 Å². The fourth-order valence-corrected chi connectivity index (χ4v) is 3.84. The first-order valence-corrected chi connectivity index (χ1v) is 10.7. The molecule has 3 aromatic rings. The van der Waals surface area contributed by atoms with Crippen LogP contribution in [0.3, 0.4) is 0 Å². The number of hydrazine groups is 1. The number of halogens is 3. The third kappa shape index (κ3) is 7.42. The fraction of sp³-hybridized carbons (Fsp3) is 0.280. The van der Waals surface area contributed by atoms with Crippen LogP contribution in [-0.2, 0) is 0 Å². The average Bonchev–Trinajstić information content (AvgIpc) is 2.81. The molecule has 34 heavy (non-hydrogen) atoms. The molecule has 0 atom stereocenters. The number of rotatable bonds is 5. The van der Waals surface area contributed by atoms with Crippen molar-refractivity contribution in [1.82, 2.24) is 10.3 Å². The van der Waals surface area contributed by atoms with Crippen LogP contribution in [0.25, 0.3) is 10.8 Å². The molecule has 1 heterocycles. The molecule has 9 heteroatoms. The lowest BCUT2D eigenvalue weighted by Crippen LogP contribution is -2.40. The first-order chi connectivity index (χ1) is 15.1. The molecular weight excluding hydrogens is 493 g/mol. The molecule has 3 aromatic carbocycles. The summed E-state index contributed by atoms with van der Waals surface area (Å²) in [5, 5.41) is 10.1. The third-order valence-corrected chi connectivity index (χ3v) is 5.65. The molecule has 0 radical (unpaired) electrons. The van der Waals surface area contributed by atoms with Gasteiger partial charge >= 0.3 is 0 Å². The Morgan fingerprint density at radius 2 is 1.59 bits per heavy atom. The van der Waals surface area contributed by atoms with E-state index in [0.29, 0.717) is 5.84 Å². The van der Waals surface area contributed by atoms with E-state index in [-0.39, 0.29) is 43.3 Å². The lowest BCUT2D eigenvalue weighted by atomic mass is 10.1. The van der Waals surface area contributed by atoms with Gasteiger partial charge < -0.3 is 9.64 Å². The number of amidine groups is 2. The van der Waals surface area contributed by atoms with Crippen molar-refractivity contribution in [3.63, 3.8) is 0 Å². The summed E-state index contributed by atoms with van der Waals surface area (Å²) in [6.45, 7) is 3.62. The molecule has 3 N–H and O–H groups in total. The minimum absolute atomic E-state index is 0. The Labute approximate surface area is 219 Å². The maximum atomic E-state index is 7.74. The first-order valence-electron chi connectivity index (χ1n) is 10.7. The minimum Gasteiger partial charge on any atom is -0.490 e. The predicted molar refractivity (Wildman–Crippen MR) is 150 cm³/mol. The summed E-state index contributed by atoms with van der Waals surface area (Å²) in [6, 6.07) is 22.6. The first kappa shape index (κ1) is 29.4. The molecule has 1 saturated heterocycles. The number of nitrogens with zero attached hydrogens (tertiary/aromatic N) is 2. The number of nitrogens with one attached hydrogen (secondary N) is 3. The van der Waals surface area contributed by atoms with Crippen LogP contribution < -0.4 is 15.6 Å². The van der Waals surface area contributed by atoms with Crippen molar-refractivity contribution in [1.29, 1.82) is 5.41 Å². The fourth-order valence-electron chi connectivity index (χ4n) is 3.84.